The number of Topliss-reactive ketones (excluding diaryl/α,β-unsaturated/α-hetero) is 1. The summed E-state index contributed by atoms with van der Waals surface area (Å²) in [4.78, 5) is 26.3. The van der Waals surface area contributed by atoms with Gasteiger partial charge in [-0.1, -0.05) is 18.2 Å². The number of hydrogen-bond donors (Lipinski definition) is 1. The van der Waals surface area contributed by atoms with Crippen LogP contribution in [0.15, 0.2) is 42.5 Å². The van der Waals surface area contributed by atoms with Crippen LogP contribution in [0.5, 0.6) is 5.75 Å². The molecule has 142 valence electrons. The first-order valence-electron chi connectivity index (χ1n) is 8.91. The highest BCUT2D eigenvalue weighted by Gasteiger charge is 2.27. The maximum absolute atomic E-state index is 13.9. The smallest absolute Gasteiger partial charge is 0.336 e. The van der Waals surface area contributed by atoms with Gasteiger partial charge in [0.25, 0.3) is 0 Å². The minimum Gasteiger partial charge on any atom is -0.494 e. The van der Waals surface area contributed by atoms with Crippen molar-refractivity contribution in [3.05, 3.63) is 65.0 Å². The number of methoxy groups -OCH3 is 1. The van der Waals surface area contributed by atoms with Crippen molar-refractivity contribution < 1.29 is 23.8 Å². The van der Waals surface area contributed by atoms with Gasteiger partial charge in [-0.05, 0) is 49.2 Å². The number of nitrogens with zero attached hydrogens (tertiary/aromatic N) is 1. The van der Waals surface area contributed by atoms with Crippen LogP contribution in [0.2, 0.25) is 0 Å². The third-order valence-electron chi connectivity index (χ3n) is 4.95. The van der Waals surface area contributed by atoms with Gasteiger partial charge in [-0.15, -0.1) is 0 Å². The molecule has 0 amide bonds. The molecule has 0 saturated carbocycles. The van der Waals surface area contributed by atoms with Crippen LogP contribution in [-0.2, 0) is 6.54 Å². The molecule has 0 aliphatic carbocycles. The lowest BCUT2D eigenvalue weighted by molar-refractivity contribution is 0.0689. The molecule has 0 aromatic heterocycles. The molecule has 1 aliphatic heterocycles. The Balaban J connectivity index is 1.72. The second-order valence-corrected chi connectivity index (χ2v) is 6.75. The summed E-state index contributed by atoms with van der Waals surface area (Å²) in [6.45, 7) is 1.80. The zero-order chi connectivity index (χ0) is 19.4. The summed E-state index contributed by atoms with van der Waals surface area (Å²) < 4.78 is 18.8. The topological polar surface area (TPSA) is 66.8 Å². The summed E-state index contributed by atoms with van der Waals surface area (Å²) in [7, 11) is 1.38. The number of aromatic carboxylic acids is 1. The van der Waals surface area contributed by atoms with Gasteiger partial charge < -0.3 is 9.84 Å². The van der Waals surface area contributed by atoms with Gasteiger partial charge in [-0.25, -0.2) is 9.18 Å². The molecule has 0 radical (unpaired) electrons. The number of benzene rings is 2. The zero-order valence-electron chi connectivity index (χ0n) is 15.2. The molecule has 27 heavy (non-hydrogen) atoms. The van der Waals surface area contributed by atoms with E-state index in [2.05, 4.69) is 4.90 Å². The van der Waals surface area contributed by atoms with Crippen molar-refractivity contribution in [3.8, 4) is 5.75 Å². The van der Waals surface area contributed by atoms with Crippen LogP contribution in [0.4, 0.5) is 4.39 Å². The van der Waals surface area contributed by atoms with Gasteiger partial charge in [0.2, 0.25) is 0 Å². The van der Waals surface area contributed by atoms with E-state index >= 15 is 0 Å². The third-order valence-corrected chi connectivity index (χ3v) is 4.95. The van der Waals surface area contributed by atoms with Crippen molar-refractivity contribution >= 4 is 11.8 Å². The number of likely N-dealkylation sites (tertiary alicyclic amines) is 1. The van der Waals surface area contributed by atoms with Gasteiger partial charge in [0, 0.05) is 24.6 Å². The van der Waals surface area contributed by atoms with Crippen molar-refractivity contribution in [2.75, 3.05) is 20.2 Å². The van der Waals surface area contributed by atoms with Crippen molar-refractivity contribution in [1.29, 1.82) is 0 Å². The predicted molar refractivity (Wildman–Crippen MR) is 98.7 cm³/mol. The first-order chi connectivity index (χ1) is 13.0. The summed E-state index contributed by atoms with van der Waals surface area (Å²) in [6, 6.07) is 11.2. The average Bonchev–Trinajstić information content (AvgIpc) is 2.68. The largest absolute Gasteiger partial charge is 0.494 e. The van der Waals surface area contributed by atoms with Crippen LogP contribution in [0, 0.1) is 11.7 Å². The van der Waals surface area contributed by atoms with Crippen molar-refractivity contribution in [3.63, 3.8) is 0 Å². The minimum atomic E-state index is -0.955. The molecule has 1 fully saturated rings. The van der Waals surface area contributed by atoms with Gasteiger partial charge in [0.15, 0.2) is 17.3 Å². The first-order valence-corrected chi connectivity index (χ1v) is 8.91. The van der Waals surface area contributed by atoms with E-state index in [-0.39, 0.29) is 23.0 Å². The van der Waals surface area contributed by atoms with Gasteiger partial charge in [0.1, 0.15) is 0 Å². The van der Waals surface area contributed by atoms with Crippen LogP contribution in [0.25, 0.3) is 0 Å². The molecular weight excluding hydrogens is 349 g/mol. The number of hydrogen-bond acceptors (Lipinski definition) is 4. The maximum Gasteiger partial charge on any atom is 0.336 e. The summed E-state index contributed by atoms with van der Waals surface area (Å²) in [5.74, 6) is -1.71. The highest BCUT2D eigenvalue weighted by molar-refractivity contribution is 5.98. The number of carbonyl (C=O) groups is 2. The first kappa shape index (κ1) is 19.0. The van der Waals surface area contributed by atoms with Crippen LogP contribution in [0.3, 0.4) is 0 Å². The second kappa shape index (κ2) is 8.31. The van der Waals surface area contributed by atoms with Crippen LogP contribution >= 0.6 is 0 Å². The molecule has 1 atom stereocenters. The lowest BCUT2D eigenvalue weighted by Crippen LogP contribution is -2.38. The zero-order valence-corrected chi connectivity index (χ0v) is 15.2. The van der Waals surface area contributed by atoms with Crippen LogP contribution in [-0.4, -0.2) is 42.0 Å². The summed E-state index contributed by atoms with van der Waals surface area (Å²) >= 11 is 0. The monoisotopic (exact) mass is 371 g/mol. The summed E-state index contributed by atoms with van der Waals surface area (Å²) in [5, 5.41) is 9.33. The fourth-order valence-electron chi connectivity index (χ4n) is 3.58. The standard InChI is InChI=1S/C21H22FNO4/c1-27-19-9-8-14(11-18(19)22)20(24)16-6-4-10-23(13-16)12-15-5-2-3-7-17(15)21(25)26/h2-3,5,7-9,11,16H,4,6,10,12-13H2,1H3,(H,25,26)/t16-/m0/s1. The summed E-state index contributed by atoms with van der Waals surface area (Å²) in [6.07, 6.45) is 1.58. The Hall–Kier alpha value is -2.73. The number of piperidine rings is 1. The van der Waals surface area contributed by atoms with E-state index in [1.807, 2.05) is 6.07 Å². The molecule has 0 bridgehead atoms. The molecule has 2 aromatic carbocycles. The van der Waals surface area contributed by atoms with E-state index in [1.165, 1.54) is 19.2 Å². The van der Waals surface area contributed by atoms with Gasteiger partial charge >= 0.3 is 5.97 Å². The van der Waals surface area contributed by atoms with Gasteiger partial charge in [0.05, 0.1) is 12.7 Å². The molecule has 2 aromatic rings. The molecule has 1 N–H and O–H groups in total. The molecule has 5 nitrogen and oxygen atoms in total. The lowest BCUT2D eigenvalue weighted by Gasteiger charge is -2.32. The molecule has 0 spiro atoms. The van der Waals surface area contributed by atoms with E-state index in [0.717, 1.165) is 24.9 Å². The number of carboxylic acid groups (broad SMARTS) is 1. The summed E-state index contributed by atoms with van der Waals surface area (Å²) in [5.41, 5.74) is 1.35. The molecule has 1 aliphatic rings. The second-order valence-electron chi connectivity index (χ2n) is 6.75. The molecule has 6 heteroatoms. The number of ketones is 1. The van der Waals surface area contributed by atoms with Crippen LogP contribution < -0.4 is 4.74 Å². The van der Waals surface area contributed by atoms with Crippen molar-refractivity contribution in [1.82, 2.24) is 4.90 Å². The Morgan fingerprint density at radius 2 is 2.04 bits per heavy atom. The van der Waals surface area contributed by atoms with E-state index in [0.29, 0.717) is 18.7 Å². The highest BCUT2D eigenvalue weighted by Crippen LogP contribution is 2.25. The molecule has 0 unspecified atom stereocenters. The van der Waals surface area contributed by atoms with Crippen LogP contribution in [0.1, 0.15) is 39.1 Å². The number of carbonyl (C=O) groups excluding carboxylic acids is 1. The quantitative estimate of drug-likeness (QED) is 0.786. The van der Waals surface area contributed by atoms with E-state index in [4.69, 9.17) is 4.74 Å². The molecular formula is C21H22FNO4. The van der Waals surface area contributed by atoms with Crippen molar-refractivity contribution in [2.45, 2.75) is 19.4 Å². The lowest BCUT2D eigenvalue weighted by atomic mass is 9.89. The molecule has 1 heterocycles. The number of rotatable bonds is 6. The highest BCUT2D eigenvalue weighted by atomic mass is 19.1. The van der Waals surface area contributed by atoms with E-state index in [1.54, 1.807) is 24.3 Å². The maximum atomic E-state index is 13.9. The Morgan fingerprint density at radius 1 is 1.26 bits per heavy atom. The SMILES string of the molecule is COc1ccc(C(=O)[C@H]2CCCN(Cc3ccccc3C(=O)O)C2)cc1F. The predicted octanol–water partition coefficient (Wildman–Crippen LogP) is 3.63. The fourth-order valence-corrected chi connectivity index (χ4v) is 3.58. The van der Waals surface area contributed by atoms with Gasteiger partial charge in [-0.2, -0.15) is 0 Å². The average molecular weight is 371 g/mol. The number of carboxylic acids is 1. The normalized spacial score (nSPS) is 17.5. The van der Waals surface area contributed by atoms with E-state index < -0.39 is 11.8 Å². The minimum absolute atomic E-state index is 0.0900. The Morgan fingerprint density at radius 3 is 2.74 bits per heavy atom. The number of ether oxygens (including phenoxy) is 1. The fraction of sp³-hybridized carbons (Fsp3) is 0.333. The Bertz CT molecular complexity index is 852. The third kappa shape index (κ3) is 4.34. The van der Waals surface area contributed by atoms with Crippen molar-refractivity contribution in [2.24, 2.45) is 5.92 Å². The molecule has 3 rings (SSSR count). The van der Waals surface area contributed by atoms with Gasteiger partial charge in [-0.3, -0.25) is 9.69 Å². The van der Waals surface area contributed by atoms with E-state index in [9.17, 15) is 19.1 Å². The Kier molecular flexibility index (Phi) is 5.86. The molecule has 1 saturated heterocycles. The number of halogens is 1. The Labute approximate surface area is 157 Å².